The molecule has 0 heterocycles. The molecule has 0 radical (unpaired) electrons. The average Bonchev–Trinajstić information content (AvgIpc) is 2.07. The van der Waals surface area contributed by atoms with Gasteiger partial charge in [-0.25, -0.2) is 4.79 Å². The first-order valence-corrected chi connectivity index (χ1v) is 5.33. The van der Waals surface area contributed by atoms with Gasteiger partial charge in [-0.3, -0.25) is 0 Å². The number of aliphatic carboxylic acids is 1. The Morgan fingerprint density at radius 2 is 2.23 bits per heavy atom. The number of hydrogen-bond donors (Lipinski definition) is 1. The van der Waals surface area contributed by atoms with Gasteiger partial charge < -0.3 is 5.11 Å². The van der Waals surface area contributed by atoms with Crippen molar-refractivity contribution < 1.29 is 9.90 Å². The lowest BCUT2D eigenvalue weighted by Crippen LogP contribution is -1.85. The Morgan fingerprint density at radius 1 is 1.54 bits per heavy atom. The summed E-state index contributed by atoms with van der Waals surface area (Å²) >= 11 is 5.56. The molecular weight excluding hydrogens is 347 g/mol. The highest BCUT2D eigenvalue weighted by Crippen LogP contribution is 2.20. The molecule has 0 amide bonds. The summed E-state index contributed by atoms with van der Waals surface area (Å²) in [5, 5.41) is 8.40. The summed E-state index contributed by atoms with van der Waals surface area (Å²) < 4.78 is 2.07. The molecule has 0 aliphatic carbocycles. The molecule has 1 rings (SSSR count). The highest BCUT2D eigenvalue weighted by Gasteiger charge is 1.96. The fourth-order valence-electron chi connectivity index (χ4n) is 0.784. The molecule has 0 saturated carbocycles. The first-order chi connectivity index (χ1) is 6.09. The summed E-state index contributed by atoms with van der Waals surface area (Å²) in [5.74, 6) is -0.935. The van der Waals surface area contributed by atoms with Gasteiger partial charge in [-0.15, -0.1) is 0 Å². The number of benzene rings is 1. The van der Waals surface area contributed by atoms with Gasteiger partial charge in [0, 0.05) is 14.1 Å². The minimum absolute atomic E-state index is 0.870. The maximum atomic E-state index is 10.2. The minimum Gasteiger partial charge on any atom is -0.478 e. The van der Waals surface area contributed by atoms with Crippen LogP contribution in [0, 0.1) is 3.57 Å². The van der Waals surface area contributed by atoms with Crippen LogP contribution in [0.2, 0.25) is 0 Å². The topological polar surface area (TPSA) is 37.3 Å². The average molecular weight is 353 g/mol. The Morgan fingerprint density at radius 3 is 2.77 bits per heavy atom. The predicted molar refractivity (Wildman–Crippen MR) is 63.5 cm³/mol. The lowest BCUT2D eigenvalue weighted by Gasteiger charge is -1.97. The summed E-state index contributed by atoms with van der Waals surface area (Å²) in [4.78, 5) is 10.2. The number of carbonyl (C=O) groups is 1. The van der Waals surface area contributed by atoms with Gasteiger partial charge in [-0.1, -0.05) is 6.07 Å². The fourth-order valence-corrected chi connectivity index (χ4v) is 1.52. The fraction of sp³-hybridized carbons (Fsp3) is 0. The molecule has 0 spiro atoms. The van der Waals surface area contributed by atoms with E-state index in [4.69, 9.17) is 5.11 Å². The van der Waals surface area contributed by atoms with Crippen molar-refractivity contribution in [2.24, 2.45) is 0 Å². The molecule has 0 atom stereocenters. The summed E-state index contributed by atoms with van der Waals surface area (Å²) in [6.07, 6.45) is 2.68. The van der Waals surface area contributed by atoms with Crippen LogP contribution in [-0.2, 0) is 4.79 Å². The van der Waals surface area contributed by atoms with Crippen LogP contribution in [0.15, 0.2) is 28.7 Å². The van der Waals surface area contributed by atoms with Crippen LogP contribution in [0.4, 0.5) is 0 Å². The molecule has 0 fully saturated rings. The maximum Gasteiger partial charge on any atom is 0.328 e. The number of carboxylic acid groups (broad SMARTS) is 1. The Labute approximate surface area is 97.9 Å². The van der Waals surface area contributed by atoms with E-state index >= 15 is 0 Å². The third kappa shape index (κ3) is 3.48. The van der Waals surface area contributed by atoms with Crippen molar-refractivity contribution in [2.75, 3.05) is 0 Å². The minimum atomic E-state index is -0.935. The molecule has 68 valence electrons. The van der Waals surface area contributed by atoms with Crippen LogP contribution >= 0.6 is 38.5 Å². The van der Waals surface area contributed by atoms with Crippen molar-refractivity contribution in [3.63, 3.8) is 0 Å². The van der Waals surface area contributed by atoms with E-state index in [0.717, 1.165) is 19.7 Å². The summed E-state index contributed by atoms with van der Waals surface area (Å²) in [7, 11) is 0. The van der Waals surface area contributed by atoms with Crippen molar-refractivity contribution in [1.82, 2.24) is 0 Å². The van der Waals surface area contributed by atoms with Crippen molar-refractivity contribution >= 4 is 50.6 Å². The molecule has 2 nitrogen and oxygen atoms in total. The van der Waals surface area contributed by atoms with E-state index in [0.29, 0.717) is 0 Å². The summed E-state index contributed by atoms with van der Waals surface area (Å²) in [5.41, 5.74) is 0.870. The maximum absolute atomic E-state index is 10.2. The Balaban J connectivity index is 2.92. The monoisotopic (exact) mass is 352 g/mol. The first kappa shape index (κ1) is 10.7. The molecule has 0 bridgehead atoms. The second-order valence-electron chi connectivity index (χ2n) is 2.35. The van der Waals surface area contributed by atoms with Gasteiger partial charge in [0.1, 0.15) is 0 Å². The third-order valence-corrected chi connectivity index (χ3v) is 3.70. The van der Waals surface area contributed by atoms with Crippen molar-refractivity contribution in [1.29, 1.82) is 0 Å². The normalized spacial score (nSPS) is 10.6. The molecule has 0 unspecified atom stereocenters. The Kier molecular flexibility index (Phi) is 3.92. The lowest BCUT2D eigenvalue weighted by atomic mass is 10.2. The van der Waals surface area contributed by atoms with E-state index in [9.17, 15) is 4.79 Å². The van der Waals surface area contributed by atoms with Crippen molar-refractivity contribution in [2.45, 2.75) is 0 Å². The standard InChI is InChI=1S/C9H6BrIO2/c10-7-5-6(1-3-8(7)11)2-4-9(12)13/h1-5H,(H,12,13)/b4-2+. The summed E-state index contributed by atoms with van der Waals surface area (Å²) in [6, 6.07) is 5.67. The van der Waals surface area contributed by atoms with E-state index in [-0.39, 0.29) is 0 Å². The molecule has 0 aromatic heterocycles. The molecular formula is C9H6BrIO2. The lowest BCUT2D eigenvalue weighted by molar-refractivity contribution is -0.131. The van der Waals surface area contributed by atoms with Crippen molar-refractivity contribution in [3.8, 4) is 0 Å². The number of hydrogen-bond acceptors (Lipinski definition) is 1. The number of carboxylic acids is 1. The van der Waals surface area contributed by atoms with Crippen LogP contribution in [0.25, 0.3) is 6.08 Å². The molecule has 1 aromatic rings. The third-order valence-electron chi connectivity index (χ3n) is 1.36. The van der Waals surface area contributed by atoms with Gasteiger partial charge in [-0.05, 0) is 62.3 Å². The smallest absolute Gasteiger partial charge is 0.328 e. The highest BCUT2D eigenvalue weighted by molar-refractivity contribution is 14.1. The van der Waals surface area contributed by atoms with Gasteiger partial charge in [-0.2, -0.15) is 0 Å². The summed E-state index contributed by atoms with van der Waals surface area (Å²) in [6.45, 7) is 0. The van der Waals surface area contributed by atoms with Crippen LogP contribution in [0.5, 0.6) is 0 Å². The van der Waals surface area contributed by atoms with Gasteiger partial charge in [0.05, 0.1) is 0 Å². The first-order valence-electron chi connectivity index (χ1n) is 3.45. The SMILES string of the molecule is O=C(O)/C=C/c1ccc(I)c(Br)c1. The van der Waals surface area contributed by atoms with Crippen LogP contribution in [0.1, 0.15) is 5.56 Å². The van der Waals surface area contributed by atoms with Crippen LogP contribution in [-0.4, -0.2) is 11.1 Å². The van der Waals surface area contributed by atoms with E-state index < -0.39 is 5.97 Å². The molecule has 13 heavy (non-hydrogen) atoms. The van der Waals surface area contributed by atoms with E-state index in [2.05, 4.69) is 38.5 Å². The highest BCUT2D eigenvalue weighted by atomic mass is 127. The van der Waals surface area contributed by atoms with Gasteiger partial charge in [0.25, 0.3) is 0 Å². The number of rotatable bonds is 2. The van der Waals surface area contributed by atoms with E-state index in [1.165, 1.54) is 0 Å². The second kappa shape index (κ2) is 4.76. The zero-order chi connectivity index (χ0) is 9.84. The predicted octanol–water partition coefficient (Wildman–Crippen LogP) is 3.15. The van der Waals surface area contributed by atoms with Gasteiger partial charge in [0.2, 0.25) is 0 Å². The zero-order valence-corrected chi connectivity index (χ0v) is 10.2. The zero-order valence-electron chi connectivity index (χ0n) is 6.50. The van der Waals surface area contributed by atoms with Gasteiger partial charge in [0.15, 0.2) is 0 Å². The van der Waals surface area contributed by atoms with Crippen LogP contribution < -0.4 is 0 Å². The van der Waals surface area contributed by atoms with E-state index in [1.54, 1.807) is 6.08 Å². The quantitative estimate of drug-likeness (QED) is 0.655. The Bertz CT molecular complexity index is 361. The Hall–Kier alpha value is -0.360. The largest absolute Gasteiger partial charge is 0.478 e. The van der Waals surface area contributed by atoms with Crippen LogP contribution in [0.3, 0.4) is 0 Å². The molecule has 4 heteroatoms. The van der Waals surface area contributed by atoms with Crippen molar-refractivity contribution in [3.05, 3.63) is 37.9 Å². The molecule has 1 aromatic carbocycles. The molecule has 1 N–H and O–H groups in total. The molecule has 0 aliphatic heterocycles. The second-order valence-corrected chi connectivity index (χ2v) is 4.36. The molecule has 0 aliphatic rings. The van der Waals surface area contributed by atoms with Gasteiger partial charge >= 0.3 is 5.97 Å². The molecule has 0 saturated heterocycles. The number of halogens is 2. The van der Waals surface area contributed by atoms with E-state index in [1.807, 2.05) is 18.2 Å².